The summed E-state index contributed by atoms with van der Waals surface area (Å²) in [6, 6.07) is 0. The van der Waals surface area contributed by atoms with E-state index < -0.39 is 0 Å². The Morgan fingerprint density at radius 1 is 1.44 bits per heavy atom. The van der Waals surface area contributed by atoms with Gasteiger partial charge in [-0.2, -0.15) is 0 Å². The van der Waals surface area contributed by atoms with E-state index in [2.05, 4.69) is 29.4 Å². The zero-order chi connectivity index (χ0) is 11.8. The summed E-state index contributed by atoms with van der Waals surface area (Å²) in [6.07, 6.45) is 6.96. The number of nitrogens with zero attached hydrogens (tertiary/aromatic N) is 3. The van der Waals surface area contributed by atoms with Gasteiger partial charge in [0.05, 0.1) is 6.54 Å². The summed E-state index contributed by atoms with van der Waals surface area (Å²) in [5.41, 5.74) is 0. The maximum absolute atomic E-state index is 4.05. The predicted molar refractivity (Wildman–Crippen MR) is 66.0 cm³/mol. The van der Waals surface area contributed by atoms with Gasteiger partial charge < -0.3 is 9.88 Å². The van der Waals surface area contributed by atoms with E-state index in [9.17, 15) is 0 Å². The molecule has 0 radical (unpaired) electrons. The molecule has 0 aliphatic heterocycles. The van der Waals surface area contributed by atoms with Crippen LogP contribution in [0.5, 0.6) is 0 Å². The van der Waals surface area contributed by atoms with Crippen molar-refractivity contribution in [2.75, 3.05) is 6.54 Å². The molecule has 0 aromatic carbocycles. The lowest BCUT2D eigenvalue weighted by Crippen LogP contribution is -2.23. The molecule has 0 saturated heterocycles. The molecule has 16 heavy (non-hydrogen) atoms. The third-order valence-corrected chi connectivity index (χ3v) is 3.06. The first kappa shape index (κ1) is 13.2. The van der Waals surface area contributed by atoms with E-state index in [1.807, 2.05) is 11.6 Å². The summed E-state index contributed by atoms with van der Waals surface area (Å²) in [5, 5.41) is 11.4. The fraction of sp³-hybridized carbons (Fsp3) is 0.833. The Kier molecular flexibility index (Phi) is 6.08. The molecule has 0 aliphatic rings. The molecule has 1 atom stereocenters. The van der Waals surface area contributed by atoms with Crippen molar-refractivity contribution in [3.05, 3.63) is 12.2 Å². The lowest BCUT2D eigenvalue weighted by Gasteiger charge is -2.14. The average Bonchev–Trinajstić information content (AvgIpc) is 2.69. The van der Waals surface area contributed by atoms with Gasteiger partial charge in [0.1, 0.15) is 12.2 Å². The van der Waals surface area contributed by atoms with Gasteiger partial charge in [-0.05, 0) is 18.9 Å². The van der Waals surface area contributed by atoms with Gasteiger partial charge >= 0.3 is 0 Å². The SMILES string of the molecule is CCCCC(CC)CNCc1nncn1C. The molecule has 1 N–H and O–H groups in total. The standard InChI is InChI=1S/C12H24N4/c1-4-6-7-11(5-2)8-13-9-12-15-14-10-16(12)3/h10-11,13H,4-9H2,1-3H3. The Hall–Kier alpha value is -0.900. The van der Waals surface area contributed by atoms with Crippen LogP contribution in [-0.4, -0.2) is 21.3 Å². The van der Waals surface area contributed by atoms with Crippen LogP contribution in [0.4, 0.5) is 0 Å². The molecule has 0 fully saturated rings. The second-order valence-electron chi connectivity index (χ2n) is 4.41. The summed E-state index contributed by atoms with van der Waals surface area (Å²) < 4.78 is 1.96. The van der Waals surface area contributed by atoms with E-state index in [-0.39, 0.29) is 0 Å². The normalized spacial score (nSPS) is 12.9. The third kappa shape index (κ3) is 4.31. The van der Waals surface area contributed by atoms with E-state index in [1.54, 1.807) is 6.33 Å². The molecule has 4 nitrogen and oxygen atoms in total. The fourth-order valence-corrected chi connectivity index (χ4v) is 1.80. The Labute approximate surface area is 98.5 Å². The highest BCUT2D eigenvalue weighted by Gasteiger charge is 2.06. The molecule has 1 unspecified atom stereocenters. The first-order valence-corrected chi connectivity index (χ1v) is 6.31. The van der Waals surface area contributed by atoms with Crippen LogP contribution >= 0.6 is 0 Å². The van der Waals surface area contributed by atoms with Crippen LogP contribution in [0.3, 0.4) is 0 Å². The quantitative estimate of drug-likeness (QED) is 0.735. The molecule has 1 heterocycles. The van der Waals surface area contributed by atoms with E-state index >= 15 is 0 Å². The number of hydrogen-bond acceptors (Lipinski definition) is 3. The third-order valence-electron chi connectivity index (χ3n) is 3.06. The molecule has 0 saturated carbocycles. The summed E-state index contributed by atoms with van der Waals surface area (Å²) in [5.74, 6) is 1.80. The highest BCUT2D eigenvalue weighted by atomic mass is 15.3. The Morgan fingerprint density at radius 2 is 2.25 bits per heavy atom. The molecular formula is C12H24N4. The topological polar surface area (TPSA) is 42.7 Å². The maximum atomic E-state index is 4.05. The first-order chi connectivity index (χ1) is 7.77. The molecule has 0 spiro atoms. The number of rotatable bonds is 8. The van der Waals surface area contributed by atoms with Crippen molar-refractivity contribution >= 4 is 0 Å². The van der Waals surface area contributed by atoms with Crippen molar-refractivity contribution in [2.45, 2.75) is 46.1 Å². The molecule has 0 amide bonds. The predicted octanol–water partition coefficient (Wildman–Crippen LogP) is 2.12. The molecule has 92 valence electrons. The first-order valence-electron chi connectivity index (χ1n) is 6.31. The zero-order valence-corrected chi connectivity index (χ0v) is 10.7. The minimum atomic E-state index is 0.799. The number of aromatic nitrogens is 3. The van der Waals surface area contributed by atoms with E-state index in [0.717, 1.165) is 24.8 Å². The number of unbranched alkanes of at least 4 members (excludes halogenated alkanes) is 1. The van der Waals surface area contributed by atoms with Crippen molar-refractivity contribution in [1.29, 1.82) is 0 Å². The average molecular weight is 224 g/mol. The molecule has 0 aliphatic carbocycles. The van der Waals surface area contributed by atoms with Gasteiger partial charge in [-0.25, -0.2) is 0 Å². The number of nitrogens with one attached hydrogen (secondary N) is 1. The summed E-state index contributed by atoms with van der Waals surface area (Å²) in [4.78, 5) is 0. The van der Waals surface area contributed by atoms with Crippen LogP contribution in [0.1, 0.15) is 45.4 Å². The van der Waals surface area contributed by atoms with E-state index in [1.165, 1.54) is 25.7 Å². The van der Waals surface area contributed by atoms with Crippen molar-refractivity contribution in [3.8, 4) is 0 Å². The minimum Gasteiger partial charge on any atom is -0.320 e. The molecule has 4 heteroatoms. The summed E-state index contributed by atoms with van der Waals surface area (Å²) in [6.45, 7) is 6.42. The van der Waals surface area contributed by atoms with Crippen LogP contribution in [-0.2, 0) is 13.6 Å². The van der Waals surface area contributed by atoms with Crippen molar-refractivity contribution in [2.24, 2.45) is 13.0 Å². The second kappa shape index (κ2) is 7.39. The molecule has 0 bridgehead atoms. The lowest BCUT2D eigenvalue weighted by atomic mass is 9.99. The van der Waals surface area contributed by atoms with Crippen LogP contribution in [0.25, 0.3) is 0 Å². The van der Waals surface area contributed by atoms with Gasteiger partial charge in [-0.15, -0.1) is 10.2 Å². The molecule has 1 rings (SSSR count). The Balaban J connectivity index is 2.20. The molecule has 1 aromatic heterocycles. The smallest absolute Gasteiger partial charge is 0.146 e. The van der Waals surface area contributed by atoms with Gasteiger partial charge in [0.15, 0.2) is 0 Å². The second-order valence-corrected chi connectivity index (χ2v) is 4.41. The highest BCUT2D eigenvalue weighted by molar-refractivity contribution is 4.83. The Bertz CT molecular complexity index is 282. The summed E-state index contributed by atoms with van der Waals surface area (Å²) in [7, 11) is 1.98. The number of hydrogen-bond donors (Lipinski definition) is 1. The van der Waals surface area contributed by atoms with Crippen molar-refractivity contribution < 1.29 is 0 Å². The Morgan fingerprint density at radius 3 is 2.81 bits per heavy atom. The van der Waals surface area contributed by atoms with Gasteiger partial charge in [0.2, 0.25) is 0 Å². The van der Waals surface area contributed by atoms with Crippen LogP contribution < -0.4 is 5.32 Å². The molecular weight excluding hydrogens is 200 g/mol. The number of aryl methyl sites for hydroxylation is 1. The van der Waals surface area contributed by atoms with Crippen molar-refractivity contribution in [3.63, 3.8) is 0 Å². The molecule has 1 aromatic rings. The largest absolute Gasteiger partial charge is 0.320 e. The van der Waals surface area contributed by atoms with Crippen molar-refractivity contribution in [1.82, 2.24) is 20.1 Å². The zero-order valence-electron chi connectivity index (χ0n) is 10.7. The van der Waals surface area contributed by atoms with Crippen LogP contribution in [0.2, 0.25) is 0 Å². The van der Waals surface area contributed by atoms with E-state index in [4.69, 9.17) is 0 Å². The fourth-order valence-electron chi connectivity index (χ4n) is 1.80. The van der Waals surface area contributed by atoms with Gasteiger partial charge in [-0.1, -0.05) is 33.1 Å². The van der Waals surface area contributed by atoms with Crippen LogP contribution in [0.15, 0.2) is 6.33 Å². The summed E-state index contributed by atoms with van der Waals surface area (Å²) >= 11 is 0. The lowest BCUT2D eigenvalue weighted by molar-refractivity contribution is 0.415. The van der Waals surface area contributed by atoms with Crippen LogP contribution in [0, 0.1) is 5.92 Å². The monoisotopic (exact) mass is 224 g/mol. The van der Waals surface area contributed by atoms with Gasteiger partial charge in [-0.3, -0.25) is 0 Å². The maximum Gasteiger partial charge on any atom is 0.146 e. The minimum absolute atomic E-state index is 0.799. The van der Waals surface area contributed by atoms with E-state index in [0.29, 0.717) is 0 Å². The highest BCUT2D eigenvalue weighted by Crippen LogP contribution is 2.11. The van der Waals surface area contributed by atoms with Gasteiger partial charge in [0.25, 0.3) is 0 Å². The van der Waals surface area contributed by atoms with Gasteiger partial charge in [0, 0.05) is 7.05 Å².